The summed E-state index contributed by atoms with van der Waals surface area (Å²) in [5.41, 5.74) is 0.318. The number of aromatic carboxylic acids is 2. The Bertz CT molecular complexity index is 990. The zero-order valence-corrected chi connectivity index (χ0v) is 14.2. The van der Waals surface area contributed by atoms with Crippen LogP contribution in [0.2, 0.25) is 0 Å². The fourth-order valence-corrected chi connectivity index (χ4v) is 3.45. The van der Waals surface area contributed by atoms with Crippen molar-refractivity contribution in [2.45, 2.75) is 5.75 Å². The highest BCUT2D eigenvalue weighted by Crippen LogP contribution is 2.22. The second-order valence-electron chi connectivity index (χ2n) is 5.53. The average Bonchev–Trinajstić information content (AvgIpc) is 2.61. The molecule has 0 spiro atoms. The summed E-state index contributed by atoms with van der Waals surface area (Å²) in [6, 6.07) is 16.6. The van der Waals surface area contributed by atoms with Gasteiger partial charge < -0.3 is 14.4 Å². The second kappa shape index (κ2) is 7.37. The number of carbonyl (C=O) groups is 2. The third-order valence-electron chi connectivity index (χ3n) is 3.74. The lowest BCUT2D eigenvalue weighted by Crippen LogP contribution is -2.07. The number of carboxylic acids is 2. The first-order valence-electron chi connectivity index (χ1n) is 7.59. The van der Waals surface area contributed by atoms with E-state index in [1.165, 1.54) is 0 Å². The lowest BCUT2D eigenvalue weighted by molar-refractivity contribution is 0.0696. The van der Waals surface area contributed by atoms with Crippen molar-refractivity contribution in [3.63, 3.8) is 0 Å². The van der Waals surface area contributed by atoms with Crippen molar-refractivity contribution in [2.24, 2.45) is 0 Å². The van der Waals surface area contributed by atoms with E-state index in [1.54, 1.807) is 0 Å². The summed E-state index contributed by atoms with van der Waals surface area (Å²) < 4.78 is 17.7. The quantitative estimate of drug-likeness (QED) is 0.689. The molecule has 0 aromatic heterocycles. The minimum Gasteiger partial charge on any atom is -0.478 e. The van der Waals surface area contributed by atoms with Crippen molar-refractivity contribution in [1.82, 2.24) is 0 Å². The summed E-state index contributed by atoms with van der Waals surface area (Å²) in [4.78, 5) is 22.3. The van der Waals surface area contributed by atoms with E-state index in [4.69, 9.17) is 14.4 Å². The Hall–Kier alpha value is -3.19. The summed E-state index contributed by atoms with van der Waals surface area (Å²) in [5, 5.41) is 20.1. The fourth-order valence-electron chi connectivity index (χ4n) is 2.58. The van der Waals surface area contributed by atoms with Crippen LogP contribution in [0.3, 0.4) is 0 Å². The Morgan fingerprint density at radius 1 is 0.885 bits per heavy atom. The summed E-state index contributed by atoms with van der Waals surface area (Å²) in [6.45, 7) is 0. The zero-order chi connectivity index (χ0) is 18.7. The summed E-state index contributed by atoms with van der Waals surface area (Å²) in [5.74, 6) is -2.57. The number of hydrogen-bond acceptors (Lipinski definition) is 4. The van der Waals surface area contributed by atoms with Crippen LogP contribution in [0.15, 0.2) is 60.7 Å². The third kappa shape index (κ3) is 3.89. The molecule has 26 heavy (non-hydrogen) atoms. The Labute approximate surface area is 151 Å². The maximum absolute atomic E-state index is 12.4. The van der Waals surface area contributed by atoms with Crippen LogP contribution in [0.1, 0.15) is 26.3 Å². The van der Waals surface area contributed by atoms with E-state index < -0.39 is 23.0 Å². The predicted molar refractivity (Wildman–Crippen MR) is 96.8 cm³/mol. The monoisotopic (exact) mass is 370 g/mol. The van der Waals surface area contributed by atoms with Crippen LogP contribution >= 0.6 is 0 Å². The molecule has 0 radical (unpaired) electrons. The number of benzene rings is 3. The van der Waals surface area contributed by atoms with Crippen molar-refractivity contribution in [3.05, 3.63) is 77.4 Å². The zero-order valence-electron chi connectivity index (χ0n) is 13.4. The van der Waals surface area contributed by atoms with Gasteiger partial charge in [-0.15, -0.1) is 0 Å². The predicted octanol–water partition coefficient (Wildman–Crippen LogP) is 3.48. The SMILES string of the molecule is O=C(O)c1cc(OS(=O)Cc2cccc3ccccc23)cc(C(=O)O)c1. The van der Waals surface area contributed by atoms with Gasteiger partial charge in [-0.05, 0) is 34.5 Å². The first-order chi connectivity index (χ1) is 12.4. The first kappa shape index (κ1) is 17.6. The van der Waals surface area contributed by atoms with Crippen LogP contribution < -0.4 is 4.18 Å². The van der Waals surface area contributed by atoms with Gasteiger partial charge in [0.1, 0.15) is 5.75 Å². The maximum Gasteiger partial charge on any atom is 0.335 e. The van der Waals surface area contributed by atoms with Crippen LogP contribution in [0, 0.1) is 0 Å². The Morgan fingerprint density at radius 3 is 2.15 bits per heavy atom. The lowest BCUT2D eigenvalue weighted by Gasteiger charge is -2.09. The molecule has 132 valence electrons. The van der Waals surface area contributed by atoms with E-state index in [9.17, 15) is 13.8 Å². The normalized spacial score (nSPS) is 11.8. The molecule has 0 saturated carbocycles. The lowest BCUT2D eigenvalue weighted by atomic mass is 10.1. The highest BCUT2D eigenvalue weighted by molar-refractivity contribution is 7.79. The van der Waals surface area contributed by atoms with Gasteiger partial charge in [-0.25, -0.2) is 13.8 Å². The molecule has 0 fully saturated rings. The maximum atomic E-state index is 12.4. The van der Waals surface area contributed by atoms with Gasteiger partial charge in [-0.2, -0.15) is 0 Å². The van der Waals surface area contributed by atoms with Gasteiger partial charge in [-0.1, -0.05) is 42.5 Å². The molecule has 0 aliphatic rings. The van der Waals surface area contributed by atoms with Gasteiger partial charge in [0.2, 0.25) is 11.1 Å². The smallest absolute Gasteiger partial charge is 0.335 e. The Morgan fingerprint density at radius 2 is 1.50 bits per heavy atom. The molecule has 3 aromatic carbocycles. The van der Waals surface area contributed by atoms with Crippen molar-refractivity contribution in [3.8, 4) is 5.75 Å². The van der Waals surface area contributed by atoms with Gasteiger partial charge >= 0.3 is 11.9 Å². The van der Waals surface area contributed by atoms with Gasteiger partial charge in [-0.3, -0.25) is 0 Å². The molecule has 6 nitrogen and oxygen atoms in total. The van der Waals surface area contributed by atoms with E-state index in [1.807, 2.05) is 42.5 Å². The molecule has 1 atom stereocenters. The van der Waals surface area contributed by atoms with E-state index in [0.29, 0.717) is 0 Å². The van der Waals surface area contributed by atoms with Crippen molar-refractivity contribution in [1.29, 1.82) is 0 Å². The molecular formula is C19H14O6S. The minimum absolute atomic E-state index is 0.0686. The number of hydrogen-bond donors (Lipinski definition) is 2. The molecule has 0 amide bonds. The van der Waals surface area contributed by atoms with Crippen LogP contribution in [0.25, 0.3) is 10.8 Å². The van der Waals surface area contributed by atoms with Crippen molar-refractivity contribution < 1.29 is 28.2 Å². The number of carboxylic acid groups (broad SMARTS) is 2. The molecule has 0 heterocycles. The van der Waals surface area contributed by atoms with Crippen LogP contribution in [-0.4, -0.2) is 26.4 Å². The molecular weight excluding hydrogens is 356 g/mol. The minimum atomic E-state index is -1.81. The summed E-state index contributed by atoms with van der Waals surface area (Å²) in [6.07, 6.45) is 0. The van der Waals surface area contributed by atoms with Crippen LogP contribution in [0.5, 0.6) is 5.75 Å². The molecule has 0 bridgehead atoms. The molecule has 0 aliphatic heterocycles. The highest BCUT2D eigenvalue weighted by atomic mass is 32.2. The van der Waals surface area contributed by atoms with Crippen molar-refractivity contribution in [2.75, 3.05) is 0 Å². The fraction of sp³-hybridized carbons (Fsp3) is 0.0526. The third-order valence-corrected chi connectivity index (χ3v) is 4.67. The molecule has 0 saturated heterocycles. The van der Waals surface area contributed by atoms with E-state index >= 15 is 0 Å². The van der Waals surface area contributed by atoms with E-state index in [2.05, 4.69) is 0 Å². The molecule has 0 aliphatic carbocycles. The first-order valence-corrected chi connectivity index (χ1v) is 8.83. The van der Waals surface area contributed by atoms with Crippen LogP contribution in [0.4, 0.5) is 0 Å². The van der Waals surface area contributed by atoms with Gasteiger partial charge in [0, 0.05) is 0 Å². The van der Waals surface area contributed by atoms with Crippen LogP contribution in [-0.2, 0) is 16.8 Å². The Balaban J connectivity index is 1.86. The molecule has 2 N–H and O–H groups in total. The van der Waals surface area contributed by atoms with Gasteiger partial charge in [0.15, 0.2) is 0 Å². The van der Waals surface area contributed by atoms with E-state index in [-0.39, 0.29) is 22.6 Å². The highest BCUT2D eigenvalue weighted by Gasteiger charge is 2.14. The largest absolute Gasteiger partial charge is 0.478 e. The molecule has 7 heteroatoms. The summed E-state index contributed by atoms with van der Waals surface area (Å²) >= 11 is -1.81. The van der Waals surface area contributed by atoms with Gasteiger partial charge in [0.05, 0.1) is 16.9 Å². The van der Waals surface area contributed by atoms with Crippen molar-refractivity contribution >= 4 is 33.8 Å². The molecule has 1 unspecified atom stereocenters. The standard InChI is InChI=1S/C19H14O6S/c20-18(21)14-8-15(19(22)23)10-16(9-14)25-26(24)11-13-6-3-5-12-4-1-2-7-17(12)13/h1-10H,11H2,(H,20,21)(H,22,23). The summed E-state index contributed by atoms with van der Waals surface area (Å²) in [7, 11) is 0. The molecule has 3 rings (SSSR count). The van der Waals surface area contributed by atoms with E-state index in [0.717, 1.165) is 34.5 Å². The van der Waals surface area contributed by atoms with Gasteiger partial charge in [0.25, 0.3) is 0 Å². The average molecular weight is 370 g/mol. The second-order valence-corrected chi connectivity index (χ2v) is 6.59. The number of fused-ring (bicyclic) bond motifs is 1. The topological polar surface area (TPSA) is 101 Å². The Kier molecular flexibility index (Phi) is 4.99. The molecule has 3 aromatic rings. The number of rotatable bonds is 6.